The molecule has 0 atom stereocenters. The third-order valence-corrected chi connectivity index (χ3v) is 2.94. The van der Waals surface area contributed by atoms with Crippen LogP contribution in [0, 0.1) is 6.92 Å². The molecule has 0 saturated carbocycles. The molecule has 0 fully saturated rings. The number of nitrogens with zero attached hydrogens (tertiary/aromatic N) is 1. The van der Waals surface area contributed by atoms with Crippen LogP contribution in [-0.4, -0.2) is 15.1 Å². The maximum atomic E-state index is 12.1. The first-order valence-corrected chi connectivity index (χ1v) is 6.10. The van der Waals surface area contributed by atoms with Crippen LogP contribution in [0.1, 0.15) is 5.76 Å². The smallest absolute Gasteiger partial charge is 0.263 e. The largest absolute Gasteiger partial charge is 0.493 e. The van der Waals surface area contributed by atoms with Crippen molar-refractivity contribution < 1.29 is 9.52 Å². The number of hydrogen-bond donors (Lipinski definition) is 2. The van der Waals surface area contributed by atoms with Crippen LogP contribution in [0.5, 0.6) is 5.88 Å². The highest BCUT2D eigenvalue weighted by atomic mass is 16.3. The molecular weight excluding hydrogens is 256 g/mol. The summed E-state index contributed by atoms with van der Waals surface area (Å²) in [6, 6.07) is 12.3. The lowest BCUT2D eigenvalue weighted by Gasteiger charge is -2.04. The second-order valence-electron chi connectivity index (χ2n) is 4.39. The van der Waals surface area contributed by atoms with Gasteiger partial charge in [0.2, 0.25) is 5.88 Å². The fourth-order valence-electron chi connectivity index (χ4n) is 2.00. The van der Waals surface area contributed by atoms with Crippen molar-refractivity contribution in [3.05, 3.63) is 58.6 Å². The summed E-state index contributed by atoms with van der Waals surface area (Å²) in [4.78, 5) is 18.8. The summed E-state index contributed by atoms with van der Waals surface area (Å²) in [5.74, 6) is 1.01. The van der Waals surface area contributed by atoms with E-state index in [2.05, 4.69) is 9.97 Å². The Hall–Kier alpha value is -2.82. The van der Waals surface area contributed by atoms with E-state index >= 15 is 0 Å². The van der Waals surface area contributed by atoms with Crippen molar-refractivity contribution in [3.63, 3.8) is 0 Å². The second kappa shape index (κ2) is 4.70. The Morgan fingerprint density at radius 2 is 1.90 bits per heavy atom. The molecular formula is C15H12N2O3. The number of hydrogen-bond acceptors (Lipinski definition) is 4. The zero-order valence-corrected chi connectivity index (χ0v) is 10.8. The van der Waals surface area contributed by atoms with Crippen molar-refractivity contribution in [1.29, 1.82) is 0 Å². The Labute approximate surface area is 114 Å². The average Bonchev–Trinajstić information content (AvgIpc) is 2.86. The molecule has 2 heterocycles. The number of nitrogens with one attached hydrogen (secondary N) is 1. The molecule has 0 aliphatic rings. The first kappa shape index (κ1) is 12.2. The van der Waals surface area contributed by atoms with Crippen LogP contribution in [0.25, 0.3) is 22.7 Å². The summed E-state index contributed by atoms with van der Waals surface area (Å²) >= 11 is 0. The summed E-state index contributed by atoms with van der Waals surface area (Å²) in [7, 11) is 0. The van der Waals surface area contributed by atoms with E-state index in [1.807, 2.05) is 6.07 Å². The Balaban J connectivity index is 2.15. The lowest BCUT2D eigenvalue weighted by molar-refractivity contribution is 0.452. The number of furan rings is 1. The molecule has 2 aromatic heterocycles. The fourth-order valence-corrected chi connectivity index (χ4v) is 2.00. The van der Waals surface area contributed by atoms with E-state index in [4.69, 9.17) is 4.42 Å². The molecule has 0 radical (unpaired) electrons. The molecule has 0 aliphatic heterocycles. The van der Waals surface area contributed by atoms with Gasteiger partial charge in [-0.1, -0.05) is 30.3 Å². The van der Waals surface area contributed by atoms with Gasteiger partial charge in [-0.05, 0) is 24.6 Å². The van der Waals surface area contributed by atoms with E-state index < -0.39 is 5.56 Å². The molecule has 2 N–H and O–H groups in total. The van der Waals surface area contributed by atoms with Crippen molar-refractivity contribution in [2.45, 2.75) is 6.92 Å². The maximum absolute atomic E-state index is 12.1. The number of aryl methyl sites for hydroxylation is 1. The van der Waals surface area contributed by atoms with Gasteiger partial charge in [-0.25, -0.2) is 0 Å². The quantitative estimate of drug-likeness (QED) is 0.749. The van der Waals surface area contributed by atoms with Gasteiger partial charge in [-0.15, -0.1) is 0 Å². The van der Waals surface area contributed by atoms with E-state index in [0.29, 0.717) is 17.1 Å². The zero-order valence-electron chi connectivity index (χ0n) is 10.8. The molecule has 0 aliphatic carbocycles. The van der Waals surface area contributed by atoms with Crippen LogP contribution in [0.15, 0.2) is 51.7 Å². The normalized spacial score (nSPS) is 10.7. The summed E-state index contributed by atoms with van der Waals surface area (Å²) in [6.07, 6.45) is 0. The molecule has 20 heavy (non-hydrogen) atoms. The zero-order chi connectivity index (χ0) is 14.1. The lowest BCUT2D eigenvalue weighted by atomic mass is 10.1. The minimum Gasteiger partial charge on any atom is -0.493 e. The lowest BCUT2D eigenvalue weighted by Crippen LogP contribution is -2.11. The first-order valence-electron chi connectivity index (χ1n) is 6.10. The number of rotatable bonds is 2. The van der Waals surface area contributed by atoms with Gasteiger partial charge in [0.05, 0.1) is 0 Å². The Bertz CT molecular complexity index is 803. The summed E-state index contributed by atoms with van der Waals surface area (Å²) in [5, 5.41) is 10.0. The highest BCUT2D eigenvalue weighted by molar-refractivity contribution is 5.68. The molecule has 0 spiro atoms. The molecule has 100 valence electrons. The van der Waals surface area contributed by atoms with Gasteiger partial charge >= 0.3 is 0 Å². The van der Waals surface area contributed by atoms with Gasteiger partial charge in [0.15, 0.2) is 11.6 Å². The van der Waals surface area contributed by atoms with E-state index in [9.17, 15) is 9.90 Å². The predicted octanol–water partition coefficient (Wildman–Crippen LogP) is 2.71. The number of aromatic nitrogens is 2. The topological polar surface area (TPSA) is 79.1 Å². The summed E-state index contributed by atoms with van der Waals surface area (Å²) < 4.78 is 5.38. The molecule has 0 unspecified atom stereocenters. The SMILES string of the molecule is Cc1ccc(-c2nc(O)c(-c3ccccc3)c(=O)[nH]2)o1. The van der Waals surface area contributed by atoms with Gasteiger partial charge in [-0.3, -0.25) is 4.79 Å². The average molecular weight is 268 g/mol. The number of aromatic amines is 1. The van der Waals surface area contributed by atoms with Crippen LogP contribution in [0.4, 0.5) is 0 Å². The minimum absolute atomic E-state index is 0.151. The van der Waals surface area contributed by atoms with Crippen molar-refractivity contribution >= 4 is 0 Å². The summed E-state index contributed by atoms with van der Waals surface area (Å²) in [5.41, 5.74) is 0.353. The molecule has 0 saturated heterocycles. The third-order valence-electron chi connectivity index (χ3n) is 2.94. The van der Waals surface area contributed by atoms with E-state index in [1.54, 1.807) is 43.3 Å². The van der Waals surface area contributed by atoms with Gasteiger partial charge in [0, 0.05) is 0 Å². The molecule has 0 amide bonds. The fraction of sp³-hybridized carbons (Fsp3) is 0.0667. The monoisotopic (exact) mass is 268 g/mol. The maximum Gasteiger partial charge on any atom is 0.263 e. The Kier molecular flexibility index (Phi) is 2.87. The summed E-state index contributed by atoms with van der Waals surface area (Å²) in [6.45, 7) is 1.79. The standard InChI is InChI=1S/C15H12N2O3/c1-9-7-8-11(20-9)13-16-14(18)12(15(19)17-13)10-5-3-2-4-6-10/h2-8H,1H3,(H2,16,17,18,19). The molecule has 0 bridgehead atoms. The van der Waals surface area contributed by atoms with Gasteiger partial charge < -0.3 is 14.5 Å². The van der Waals surface area contributed by atoms with E-state index in [0.717, 1.165) is 0 Å². The van der Waals surface area contributed by atoms with E-state index in [-0.39, 0.29) is 17.3 Å². The van der Waals surface area contributed by atoms with Crippen LogP contribution in [0.2, 0.25) is 0 Å². The number of H-pyrrole nitrogens is 1. The molecule has 5 heteroatoms. The first-order chi connectivity index (χ1) is 9.65. The number of aromatic hydroxyl groups is 1. The minimum atomic E-state index is -0.409. The van der Waals surface area contributed by atoms with Gasteiger partial charge in [0.1, 0.15) is 11.3 Å². The van der Waals surface area contributed by atoms with Crippen LogP contribution in [0.3, 0.4) is 0 Å². The third kappa shape index (κ3) is 2.09. The van der Waals surface area contributed by atoms with Gasteiger partial charge in [0.25, 0.3) is 5.56 Å². The molecule has 1 aromatic carbocycles. The second-order valence-corrected chi connectivity index (χ2v) is 4.39. The number of benzene rings is 1. The molecule has 3 rings (SSSR count). The van der Waals surface area contributed by atoms with Crippen molar-refractivity contribution in [3.8, 4) is 28.6 Å². The predicted molar refractivity (Wildman–Crippen MR) is 74.4 cm³/mol. The van der Waals surface area contributed by atoms with Crippen molar-refractivity contribution in [2.24, 2.45) is 0 Å². The van der Waals surface area contributed by atoms with Crippen LogP contribution in [-0.2, 0) is 0 Å². The van der Waals surface area contributed by atoms with Crippen molar-refractivity contribution in [2.75, 3.05) is 0 Å². The Morgan fingerprint density at radius 3 is 2.50 bits per heavy atom. The van der Waals surface area contributed by atoms with Crippen LogP contribution >= 0.6 is 0 Å². The van der Waals surface area contributed by atoms with E-state index in [1.165, 1.54) is 0 Å². The van der Waals surface area contributed by atoms with Gasteiger partial charge in [-0.2, -0.15) is 4.98 Å². The Morgan fingerprint density at radius 1 is 1.15 bits per heavy atom. The highest BCUT2D eigenvalue weighted by Crippen LogP contribution is 2.25. The molecule has 5 nitrogen and oxygen atoms in total. The molecule has 3 aromatic rings. The highest BCUT2D eigenvalue weighted by Gasteiger charge is 2.15. The van der Waals surface area contributed by atoms with Crippen molar-refractivity contribution in [1.82, 2.24) is 9.97 Å². The van der Waals surface area contributed by atoms with Crippen LogP contribution < -0.4 is 5.56 Å².